The number of benzene rings is 2. The standard InChI is InChI=1S/C29H24Cl2FN5O3/c1-17(23-5-3-4-13-33-23)34-28(38)26-21-12-14-36(29(39)40-2)25(15-18-6-9-20(32)10-7-18)27(21)37(35-26)24-11-8-19(30)16-22(24)31/h3-11,13,15-17H,12,14H2,1-2H3,(H,34,38). The van der Waals surface area contributed by atoms with Crippen LogP contribution in [0.25, 0.3) is 17.5 Å². The van der Waals surface area contributed by atoms with Gasteiger partial charge in [-0.25, -0.2) is 13.9 Å². The Balaban J connectivity index is 1.69. The minimum absolute atomic E-state index is 0.179. The number of ether oxygens (including phenoxy) is 1. The number of hydrogen-bond acceptors (Lipinski definition) is 5. The van der Waals surface area contributed by atoms with E-state index in [9.17, 15) is 14.0 Å². The molecule has 8 nitrogen and oxygen atoms in total. The molecule has 2 aromatic carbocycles. The van der Waals surface area contributed by atoms with E-state index in [2.05, 4.69) is 10.3 Å². The van der Waals surface area contributed by atoms with Crippen molar-refractivity contribution in [2.24, 2.45) is 0 Å². The number of carbonyl (C=O) groups is 2. The highest BCUT2D eigenvalue weighted by Gasteiger charge is 2.35. The SMILES string of the molecule is COC(=O)N1CCc2c(C(=O)NC(C)c3ccccn3)nn(-c3ccc(Cl)cc3Cl)c2C1=Cc1ccc(F)cc1. The van der Waals surface area contributed by atoms with Crippen molar-refractivity contribution < 1.29 is 18.7 Å². The van der Waals surface area contributed by atoms with E-state index in [1.165, 1.54) is 28.8 Å². The van der Waals surface area contributed by atoms with Gasteiger partial charge in [0.05, 0.1) is 40.9 Å². The van der Waals surface area contributed by atoms with E-state index >= 15 is 0 Å². The quantitative estimate of drug-likeness (QED) is 0.298. The van der Waals surface area contributed by atoms with Gasteiger partial charge in [-0.1, -0.05) is 41.4 Å². The zero-order chi connectivity index (χ0) is 28.4. The van der Waals surface area contributed by atoms with Crippen LogP contribution in [0.5, 0.6) is 0 Å². The third kappa shape index (κ3) is 5.43. The number of pyridine rings is 1. The highest BCUT2D eigenvalue weighted by Crippen LogP contribution is 2.37. The summed E-state index contributed by atoms with van der Waals surface area (Å²) in [6.07, 6.45) is 3.10. The lowest BCUT2D eigenvalue weighted by Crippen LogP contribution is -2.36. The lowest BCUT2D eigenvalue weighted by atomic mass is 9.99. The normalized spacial score (nSPS) is 14.5. The van der Waals surface area contributed by atoms with Crippen molar-refractivity contribution in [1.82, 2.24) is 25.0 Å². The number of fused-ring (bicyclic) bond motifs is 1. The molecule has 2 aromatic heterocycles. The fraction of sp³-hybridized carbons (Fsp3) is 0.172. The van der Waals surface area contributed by atoms with Gasteiger partial charge >= 0.3 is 6.09 Å². The second-order valence-corrected chi connectivity index (χ2v) is 9.93. The summed E-state index contributed by atoms with van der Waals surface area (Å²) >= 11 is 12.7. The number of amides is 2. The molecule has 2 amide bonds. The summed E-state index contributed by atoms with van der Waals surface area (Å²) in [6, 6.07) is 15.8. The van der Waals surface area contributed by atoms with Crippen LogP contribution in [0.15, 0.2) is 66.9 Å². The highest BCUT2D eigenvalue weighted by molar-refractivity contribution is 6.35. The number of nitrogens with one attached hydrogen (secondary N) is 1. The van der Waals surface area contributed by atoms with Gasteiger partial charge in [0.15, 0.2) is 5.69 Å². The van der Waals surface area contributed by atoms with Gasteiger partial charge in [-0.3, -0.25) is 14.7 Å². The highest BCUT2D eigenvalue weighted by atomic mass is 35.5. The van der Waals surface area contributed by atoms with Crippen molar-refractivity contribution in [2.45, 2.75) is 19.4 Å². The Hall–Kier alpha value is -4.21. The van der Waals surface area contributed by atoms with Gasteiger partial charge in [0, 0.05) is 23.3 Å². The number of methoxy groups -OCH3 is 1. The van der Waals surface area contributed by atoms with E-state index in [0.29, 0.717) is 50.4 Å². The Morgan fingerprint density at radius 3 is 2.58 bits per heavy atom. The number of nitrogens with zero attached hydrogens (tertiary/aromatic N) is 4. The molecule has 11 heteroatoms. The molecule has 0 saturated carbocycles. The molecular formula is C29H24Cl2FN5O3. The first kappa shape index (κ1) is 27.4. The smallest absolute Gasteiger partial charge is 0.414 e. The maximum Gasteiger partial charge on any atom is 0.414 e. The van der Waals surface area contributed by atoms with Crippen molar-refractivity contribution in [3.05, 3.63) is 111 Å². The Bertz CT molecular complexity index is 1610. The third-order valence-corrected chi connectivity index (χ3v) is 7.04. The molecule has 1 N–H and O–H groups in total. The van der Waals surface area contributed by atoms with Crippen LogP contribution in [0.3, 0.4) is 0 Å². The molecule has 3 heterocycles. The summed E-state index contributed by atoms with van der Waals surface area (Å²) in [7, 11) is 1.29. The third-order valence-electron chi connectivity index (χ3n) is 6.50. The van der Waals surface area contributed by atoms with Crippen LogP contribution in [0.2, 0.25) is 10.0 Å². The van der Waals surface area contributed by atoms with Crippen LogP contribution in [-0.4, -0.2) is 45.3 Å². The molecule has 1 aliphatic heterocycles. The summed E-state index contributed by atoms with van der Waals surface area (Å²) in [5, 5.41) is 8.39. The molecule has 0 radical (unpaired) electrons. The van der Waals surface area contributed by atoms with E-state index < -0.39 is 23.9 Å². The second-order valence-electron chi connectivity index (χ2n) is 9.09. The molecular weight excluding hydrogens is 556 g/mol. The molecule has 0 spiro atoms. The summed E-state index contributed by atoms with van der Waals surface area (Å²) < 4.78 is 20.2. The predicted molar refractivity (Wildman–Crippen MR) is 151 cm³/mol. The van der Waals surface area contributed by atoms with Gasteiger partial charge in [-0.2, -0.15) is 5.10 Å². The first-order valence-corrected chi connectivity index (χ1v) is 13.1. The largest absolute Gasteiger partial charge is 0.452 e. The van der Waals surface area contributed by atoms with Gasteiger partial charge in [0.1, 0.15) is 5.82 Å². The number of hydrogen-bond donors (Lipinski definition) is 1. The summed E-state index contributed by atoms with van der Waals surface area (Å²) in [6.45, 7) is 2.06. The van der Waals surface area contributed by atoms with Gasteiger partial charge in [0.2, 0.25) is 0 Å². The minimum atomic E-state index is -0.594. The second kappa shape index (κ2) is 11.5. The van der Waals surface area contributed by atoms with Crippen molar-refractivity contribution >= 4 is 47.0 Å². The molecule has 0 bridgehead atoms. The van der Waals surface area contributed by atoms with Crippen molar-refractivity contribution in [3.8, 4) is 5.69 Å². The molecule has 204 valence electrons. The van der Waals surface area contributed by atoms with E-state index in [1.807, 2.05) is 19.1 Å². The maximum absolute atomic E-state index is 13.7. The fourth-order valence-electron chi connectivity index (χ4n) is 4.57. The van der Waals surface area contributed by atoms with Crippen LogP contribution < -0.4 is 5.32 Å². The lowest BCUT2D eigenvalue weighted by Gasteiger charge is -2.30. The van der Waals surface area contributed by atoms with Gasteiger partial charge < -0.3 is 10.1 Å². The van der Waals surface area contributed by atoms with Crippen molar-refractivity contribution in [1.29, 1.82) is 0 Å². The van der Waals surface area contributed by atoms with Crippen molar-refractivity contribution in [3.63, 3.8) is 0 Å². The molecule has 0 aliphatic carbocycles. The van der Waals surface area contributed by atoms with E-state index in [-0.39, 0.29) is 12.2 Å². The van der Waals surface area contributed by atoms with E-state index in [1.54, 1.807) is 48.7 Å². The van der Waals surface area contributed by atoms with Crippen molar-refractivity contribution in [2.75, 3.05) is 13.7 Å². The lowest BCUT2D eigenvalue weighted by molar-refractivity contribution is 0.0932. The Labute approximate surface area is 240 Å². The summed E-state index contributed by atoms with van der Waals surface area (Å²) in [5.74, 6) is -0.804. The number of aromatic nitrogens is 3. The van der Waals surface area contributed by atoms with E-state index in [0.717, 1.165) is 0 Å². The predicted octanol–water partition coefficient (Wildman–Crippen LogP) is 6.33. The molecule has 1 aliphatic rings. The first-order chi connectivity index (χ1) is 19.3. The fourth-order valence-corrected chi connectivity index (χ4v) is 5.05. The monoisotopic (exact) mass is 579 g/mol. The average molecular weight is 580 g/mol. The zero-order valence-corrected chi connectivity index (χ0v) is 23.1. The molecule has 5 rings (SSSR count). The van der Waals surface area contributed by atoms with Crippen LogP contribution in [0.1, 0.15) is 46.0 Å². The molecule has 4 aromatic rings. The first-order valence-electron chi connectivity index (χ1n) is 12.4. The van der Waals surface area contributed by atoms with Crippen LogP contribution in [0, 0.1) is 5.82 Å². The topological polar surface area (TPSA) is 89.3 Å². The average Bonchev–Trinajstić information content (AvgIpc) is 3.34. The minimum Gasteiger partial charge on any atom is -0.452 e. The van der Waals surface area contributed by atoms with Crippen LogP contribution in [0.4, 0.5) is 9.18 Å². The van der Waals surface area contributed by atoms with Gasteiger partial charge in [0.25, 0.3) is 5.91 Å². The summed E-state index contributed by atoms with van der Waals surface area (Å²) in [5.41, 5.74) is 3.46. The molecule has 0 saturated heterocycles. The van der Waals surface area contributed by atoms with Gasteiger partial charge in [-0.05, 0) is 67.4 Å². The Morgan fingerprint density at radius 2 is 1.90 bits per heavy atom. The van der Waals surface area contributed by atoms with Gasteiger partial charge in [-0.15, -0.1) is 0 Å². The summed E-state index contributed by atoms with van der Waals surface area (Å²) in [4.78, 5) is 32.3. The van der Waals surface area contributed by atoms with E-state index in [4.69, 9.17) is 33.0 Å². The molecule has 1 unspecified atom stereocenters. The zero-order valence-electron chi connectivity index (χ0n) is 21.6. The molecule has 40 heavy (non-hydrogen) atoms. The van der Waals surface area contributed by atoms with Crippen LogP contribution in [-0.2, 0) is 11.2 Å². The van der Waals surface area contributed by atoms with Crippen LogP contribution >= 0.6 is 23.2 Å². The Morgan fingerprint density at radius 1 is 1.12 bits per heavy atom. The number of carbonyl (C=O) groups excluding carboxylic acids is 2. The molecule has 0 fully saturated rings. The molecule has 1 atom stereocenters. The number of rotatable bonds is 5. The maximum atomic E-state index is 13.7. The number of halogens is 3. The Kier molecular flexibility index (Phi) is 7.86.